The highest BCUT2D eigenvalue weighted by atomic mass is 19.1. The summed E-state index contributed by atoms with van der Waals surface area (Å²) in [6, 6.07) is 11.5. The van der Waals surface area contributed by atoms with Gasteiger partial charge in [-0.05, 0) is 80.0 Å². The Kier molecular flexibility index (Phi) is 5.91. The number of halogens is 1. The molecule has 1 aliphatic heterocycles. The van der Waals surface area contributed by atoms with Crippen molar-refractivity contribution >= 4 is 11.6 Å². The topological polar surface area (TPSA) is 50.4 Å². The van der Waals surface area contributed by atoms with Gasteiger partial charge in [0.25, 0.3) is 0 Å². The number of rotatable bonds is 6. The molecule has 1 saturated carbocycles. The normalized spacial score (nSPS) is 16.6. The lowest BCUT2D eigenvalue weighted by Gasteiger charge is -2.19. The highest BCUT2D eigenvalue weighted by Gasteiger charge is 2.18. The Hall–Kier alpha value is -2.40. The zero-order chi connectivity index (χ0) is 19.3. The second-order valence-corrected chi connectivity index (χ2v) is 7.71. The molecule has 2 N–H and O–H groups in total. The smallest absolute Gasteiger partial charge is 0.224 e. The first-order chi connectivity index (χ1) is 13.7. The zero-order valence-electron chi connectivity index (χ0n) is 16.1. The van der Waals surface area contributed by atoms with Crippen molar-refractivity contribution in [2.45, 2.75) is 57.6 Å². The Labute approximate surface area is 165 Å². The third-order valence-electron chi connectivity index (χ3n) is 5.63. The van der Waals surface area contributed by atoms with Crippen LogP contribution in [0.2, 0.25) is 0 Å². The van der Waals surface area contributed by atoms with E-state index in [1.807, 2.05) is 30.3 Å². The minimum absolute atomic E-state index is 0.171. The summed E-state index contributed by atoms with van der Waals surface area (Å²) in [5.74, 6) is 0.411. The molecular formula is C23H27FN2O2. The Morgan fingerprint density at radius 3 is 2.93 bits per heavy atom. The van der Waals surface area contributed by atoms with Gasteiger partial charge < -0.3 is 15.4 Å². The quantitative estimate of drug-likeness (QED) is 0.780. The Balaban J connectivity index is 1.33. The molecule has 0 spiro atoms. The number of fused-ring (bicyclic) bond motifs is 1. The fourth-order valence-electron chi connectivity index (χ4n) is 4.07. The molecule has 1 heterocycles. The van der Waals surface area contributed by atoms with E-state index in [-0.39, 0.29) is 17.4 Å². The molecule has 1 aliphatic carbocycles. The third kappa shape index (κ3) is 4.53. The first kappa shape index (κ1) is 18.9. The van der Waals surface area contributed by atoms with E-state index in [9.17, 15) is 9.18 Å². The highest BCUT2D eigenvalue weighted by Crippen LogP contribution is 2.26. The number of ether oxygens (including phenoxy) is 1. The SMILES string of the molecule is O=C(CCc1cccc(OC2CCCC2)c1)Nc1ccc2c(c1F)CCNC2. The van der Waals surface area contributed by atoms with Crippen molar-refractivity contribution in [3.63, 3.8) is 0 Å². The molecule has 0 unspecified atom stereocenters. The van der Waals surface area contributed by atoms with Crippen LogP contribution in [0.4, 0.5) is 10.1 Å². The van der Waals surface area contributed by atoms with Crippen molar-refractivity contribution in [1.82, 2.24) is 5.32 Å². The molecule has 2 aromatic rings. The lowest BCUT2D eigenvalue weighted by atomic mass is 9.99. The second kappa shape index (κ2) is 8.74. The summed E-state index contributed by atoms with van der Waals surface area (Å²) in [5, 5.41) is 5.97. The Bertz CT molecular complexity index is 846. The predicted octanol–water partition coefficient (Wildman–Crippen LogP) is 4.36. The van der Waals surface area contributed by atoms with E-state index in [2.05, 4.69) is 10.6 Å². The summed E-state index contributed by atoms with van der Waals surface area (Å²) >= 11 is 0. The van der Waals surface area contributed by atoms with Crippen molar-refractivity contribution in [2.75, 3.05) is 11.9 Å². The van der Waals surface area contributed by atoms with Gasteiger partial charge in [0.15, 0.2) is 0 Å². The van der Waals surface area contributed by atoms with Crippen LogP contribution in [0.25, 0.3) is 0 Å². The van der Waals surface area contributed by atoms with Crippen LogP contribution in [0, 0.1) is 5.82 Å². The summed E-state index contributed by atoms with van der Waals surface area (Å²) < 4.78 is 20.7. The summed E-state index contributed by atoms with van der Waals surface area (Å²) in [5.41, 5.74) is 3.03. The zero-order valence-corrected chi connectivity index (χ0v) is 16.1. The van der Waals surface area contributed by atoms with Gasteiger partial charge in [0.2, 0.25) is 5.91 Å². The minimum atomic E-state index is -0.292. The van der Waals surface area contributed by atoms with Crippen LogP contribution in [0.1, 0.15) is 48.8 Å². The fourth-order valence-corrected chi connectivity index (χ4v) is 4.07. The number of anilines is 1. The average Bonchev–Trinajstić information content (AvgIpc) is 3.22. The predicted molar refractivity (Wildman–Crippen MR) is 108 cm³/mol. The number of hydrogen-bond acceptors (Lipinski definition) is 3. The van der Waals surface area contributed by atoms with Gasteiger partial charge in [0.1, 0.15) is 11.6 Å². The van der Waals surface area contributed by atoms with E-state index in [0.717, 1.165) is 36.3 Å². The van der Waals surface area contributed by atoms with Crippen molar-refractivity contribution in [3.8, 4) is 5.75 Å². The number of carbonyl (C=O) groups is 1. The molecule has 0 aromatic heterocycles. The van der Waals surface area contributed by atoms with Gasteiger partial charge in [-0.2, -0.15) is 0 Å². The van der Waals surface area contributed by atoms with E-state index < -0.39 is 0 Å². The van der Waals surface area contributed by atoms with Crippen LogP contribution in [0.3, 0.4) is 0 Å². The van der Waals surface area contributed by atoms with E-state index in [0.29, 0.717) is 37.5 Å². The molecule has 4 rings (SSSR count). The van der Waals surface area contributed by atoms with Crippen LogP contribution in [0.15, 0.2) is 36.4 Å². The molecule has 1 fully saturated rings. The fraction of sp³-hybridized carbons (Fsp3) is 0.435. The molecule has 1 amide bonds. The van der Waals surface area contributed by atoms with E-state index >= 15 is 0 Å². The van der Waals surface area contributed by atoms with Gasteiger partial charge in [-0.1, -0.05) is 18.2 Å². The maximum atomic E-state index is 14.7. The highest BCUT2D eigenvalue weighted by molar-refractivity contribution is 5.91. The lowest BCUT2D eigenvalue weighted by molar-refractivity contribution is -0.116. The van der Waals surface area contributed by atoms with Crippen LogP contribution < -0.4 is 15.4 Å². The standard InChI is InChI=1S/C23H27FN2O2/c24-23-20-12-13-25-15-17(20)9-10-21(23)26-22(27)11-8-16-4-3-7-19(14-16)28-18-5-1-2-6-18/h3-4,7,9-10,14,18,25H,1-2,5-6,8,11-13,15H2,(H,26,27). The summed E-state index contributed by atoms with van der Waals surface area (Å²) in [7, 11) is 0. The Morgan fingerprint density at radius 2 is 2.07 bits per heavy atom. The number of aryl methyl sites for hydroxylation is 1. The number of carbonyl (C=O) groups excluding carboxylic acids is 1. The van der Waals surface area contributed by atoms with Crippen LogP contribution in [0.5, 0.6) is 5.75 Å². The molecule has 2 aromatic carbocycles. The molecule has 0 saturated heterocycles. The minimum Gasteiger partial charge on any atom is -0.490 e. The van der Waals surface area contributed by atoms with Gasteiger partial charge in [-0.25, -0.2) is 4.39 Å². The van der Waals surface area contributed by atoms with E-state index in [4.69, 9.17) is 4.74 Å². The van der Waals surface area contributed by atoms with Crippen LogP contribution >= 0.6 is 0 Å². The number of benzene rings is 2. The summed E-state index contributed by atoms with van der Waals surface area (Å²) in [6.07, 6.45) is 6.60. The molecule has 4 nitrogen and oxygen atoms in total. The van der Waals surface area contributed by atoms with Gasteiger partial charge in [-0.15, -0.1) is 0 Å². The maximum Gasteiger partial charge on any atom is 0.224 e. The number of nitrogens with one attached hydrogen (secondary N) is 2. The molecule has 148 valence electrons. The molecule has 0 radical (unpaired) electrons. The summed E-state index contributed by atoms with van der Waals surface area (Å²) in [4.78, 5) is 12.3. The first-order valence-electron chi connectivity index (χ1n) is 10.3. The van der Waals surface area contributed by atoms with Crippen LogP contribution in [-0.4, -0.2) is 18.6 Å². The van der Waals surface area contributed by atoms with Crippen molar-refractivity contribution in [3.05, 3.63) is 58.9 Å². The number of amides is 1. The number of hydrogen-bond donors (Lipinski definition) is 2. The molecular weight excluding hydrogens is 355 g/mol. The monoisotopic (exact) mass is 382 g/mol. The van der Waals surface area contributed by atoms with E-state index in [1.54, 1.807) is 6.07 Å². The third-order valence-corrected chi connectivity index (χ3v) is 5.63. The first-order valence-corrected chi connectivity index (χ1v) is 10.3. The average molecular weight is 382 g/mol. The molecule has 0 bridgehead atoms. The lowest BCUT2D eigenvalue weighted by Crippen LogP contribution is -2.25. The van der Waals surface area contributed by atoms with Gasteiger partial charge in [0, 0.05) is 13.0 Å². The van der Waals surface area contributed by atoms with Crippen molar-refractivity contribution < 1.29 is 13.9 Å². The Morgan fingerprint density at radius 1 is 1.21 bits per heavy atom. The molecule has 2 aliphatic rings. The molecule has 5 heteroatoms. The van der Waals surface area contributed by atoms with Crippen LogP contribution in [-0.2, 0) is 24.2 Å². The van der Waals surface area contributed by atoms with E-state index in [1.165, 1.54) is 12.8 Å². The maximum absolute atomic E-state index is 14.7. The largest absolute Gasteiger partial charge is 0.490 e. The molecule has 0 atom stereocenters. The second-order valence-electron chi connectivity index (χ2n) is 7.71. The van der Waals surface area contributed by atoms with Gasteiger partial charge >= 0.3 is 0 Å². The summed E-state index contributed by atoms with van der Waals surface area (Å²) in [6.45, 7) is 1.44. The van der Waals surface area contributed by atoms with Gasteiger partial charge in [-0.3, -0.25) is 4.79 Å². The molecule has 28 heavy (non-hydrogen) atoms. The van der Waals surface area contributed by atoms with Crippen molar-refractivity contribution in [1.29, 1.82) is 0 Å². The van der Waals surface area contributed by atoms with Crippen molar-refractivity contribution in [2.24, 2.45) is 0 Å². The van der Waals surface area contributed by atoms with Gasteiger partial charge in [0.05, 0.1) is 11.8 Å².